The van der Waals surface area contributed by atoms with Crippen LogP contribution in [-0.2, 0) is 4.79 Å². The minimum atomic E-state index is 0.0707. The van der Waals surface area contributed by atoms with E-state index in [1.165, 1.54) is 32.1 Å². The van der Waals surface area contributed by atoms with Gasteiger partial charge in [0.2, 0.25) is 5.91 Å². The van der Waals surface area contributed by atoms with E-state index in [1.807, 2.05) is 30.8 Å². The van der Waals surface area contributed by atoms with Gasteiger partial charge in [-0.2, -0.15) is 11.8 Å². The van der Waals surface area contributed by atoms with E-state index in [9.17, 15) is 4.79 Å². The zero-order chi connectivity index (χ0) is 13.5. The summed E-state index contributed by atoms with van der Waals surface area (Å²) in [5.74, 6) is 1.65. The van der Waals surface area contributed by atoms with E-state index in [0.717, 1.165) is 16.6 Å². The van der Waals surface area contributed by atoms with Crippen LogP contribution in [0.5, 0.6) is 0 Å². The van der Waals surface area contributed by atoms with Crippen LogP contribution in [0.1, 0.15) is 44.1 Å². The molecule has 1 heterocycles. The third-order valence-electron chi connectivity index (χ3n) is 3.42. The highest BCUT2D eigenvalue weighted by atomic mass is 32.2. The summed E-state index contributed by atoms with van der Waals surface area (Å²) in [7, 11) is 0. The molecule has 0 bridgehead atoms. The zero-order valence-corrected chi connectivity index (χ0v) is 12.3. The molecular weight excluding hydrogens is 256 g/mol. The number of carbonyl (C=O) groups is 1. The first-order chi connectivity index (χ1) is 9.24. The maximum Gasteiger partial charge on any atom is 0.226 e. The van der Waals surface area contributed by atoms with Crippen molar-refractivity contribution in [1.82, 2.24) is 4.98 Å². The Labute approximate surface area is 119 Å². The predicted octanol–water partition coefficient (Wildman–Crippen LogP) is 3.78. The van der Waals surface area contributed by atoms with Crippen LogP contribution in [0.25, 0.3) is 0 Å². The number of thioether (sulfide) groups is 1. The van der Waals surface area contributed by atoms with Gasteiger partial charge in [0.25, 0.3) is 0 Å². The maximum absolute atomic E-state index is 11.8. The molecule has 1 aromatic heterocycles. The summed E-state index contributed by atoms with van der Waals surface area (Å²) in [4.78, 5) is 15.9. The van der Waals surface area contributed by atoms with Crippen LogP contribution < -0.4 is 5.32 Å². The van der Waals surface area contributed by atoms with Crippen LogP contribution in [-0.4, -0.2) is 21.9 Å². The fraction of sp³-hybridized carbons (Fsp3) is 0.600. The number of carbonyl (C=O) groups excluding carboxylic acids is 1. The Morgan fingerprint density at radius 2 is 2.21 bits per heavy atom. The fourth-order valence-electron chi connectivity index (χ4n) is 2.36. The van der Waals surface area contributed by atoms with Crippen molar-refractivity contribution in [2.75, 3.05) is 11.1 Å². The SMILES string of the molecule is Cc1ccnc(NC(=O)CCSC2CCCCC2)c1. The topological polar surface area (TPSA) is 42.0 Å². The molecule has 2 rings (SSSR count). The Morgan fingerprint density at radius 3 is 2.95 bits per heavy atom. The number of aryl methyl sites for hydroxylation is 1. The quantitative estimate of drug-likeness (QED) is 0.891. The van der Waals surface area contributed by atoms with Crippen molar-refractivity contribution in [2.24, 2.45) is 0 Å². The largest absolute Gasteiger partial charge is 0.311 e. The molecule has 1 amide bonds. The van der Waals surface area contributed by atoms with Crippen molar-refractivity contribution in [3.8, 4) is 0 Å². The van der Waals surface area contributed by atoms with E-state index in [0.29, 0.717) is 12.2 Å². The Balaban J connectivity index is 1.67. The van der Waals surface area contributed by atoms with Crippen LogP contribution in [0.4, 0.5) is 5.82 Å². The second kappa shape index (κ2) is 7.53. The minimum absolute atomic E-state index is 0.0707. The Morgan fingerprint density at radius 1 is 1.42 bits per heavy atom. The summed E-state index contributed by atoms with van der Waals surface area (Å²) in [6.07, 6.45) is 9.06. The van der Waals surface area contributed by atoms with Gasteiger partial charge in [-0.3, -0.25) is 4.79 Å². The molecule has 0 unspecified atom stereocenters. The first-order valence-electron chi connectivity index (χ1n) is 7.08. The highest BCUT2D eigenvalue weighted by molar-refractivity contribution is 7.99. The lowest BCUT2D eigenvalue weighted by molar-refractivity contribution is -0.115. The third-order valence-corrected chi connectivity index (χ3v) is 4.80. The van der Waals surface area contributed by atoms with Crippen LogP contribution in [0.3, 0.4) is 0 Å². The molecular formula is C15H22N2OS. The monoisotopic (exact) mass is 278 g/mol. The van der Waals surface area contributed by atoms with Crippen LogP contribution in [0.2, 0.25) is 0 Å². The second-order valence-electron chi connectivity index (χ2n) is 5.15. The van der Waals surface area contributed by atoms with Gasteiger partial charge in [-0.25, -0.2) is 4.98 Å². The van der Waals surface area contributed by atoms with Crippen molar-refractivity contribution in [1.29, 1.82) is 0 Å². The number of aromatic nitrogens is 1. The molecule has 1 aromatic rings. The number of nitrogens with one attached hydrogen (secondary N) is 1. The number of pyridine rings is 1. The number of anilines is 1. The third kappa shape index (κ3) is 5.23. The lowest BCUT2D eigenvalue weighted by Gasteiger charge is -2.20. The van der Waals surface area contributed by atoms with Crippen LogP contribution >= 0.6 is 11.8 Å². The lowest BCUT2D eigenvalue weighted by atomic mass is 10.0. The molecule has 0 radical (unpaired) electrons. The van der Waals surface area contributed by atoms with Crippen molar-refractivity contribution in [2.45, 2.75) is 50.7 Å². The van der Waals surface area contributed by atoms with Crippen molar-refractivity contribution in [3.63, 3.8) is 0 Å². The molecule has 0 saturated heterocycles. The molecule has 0 spiro atoms. The molecule has 19 heavy (non-hydrogen) atoms. The average Bonchev–Trinajstić information content (AvgIpc) is 2.40. The van der Waals surface area contributed by atoms with Crippen molar-refractivity contribution in [3.05, 3.63) is 23.9 Å². The summed E-state index contributed by atoms with van der Waals surface area (Å²) in [5, 5.41) is 3.63. The minimum Gasteiger partial charge on any atom is -0.311 e. The van der Waals surface area contributed by atoms with Gasteiger partial charge in [0.15, 0.2) is 0 Å². The summed E-state index contributed by atoms with van der Waals surface area (Å²) >= 11 is 1.96. The maximum atomic E-state index is 11.8. The molecule has 1 aliphatic rings. The molecule has 104 valence electrons. The first kappa shape index (κ1) is 14.4. The lowest BCUT2D eigenvalue weighted by Crippen LogP contribution is -2.15. The van der Waals surface area contributed by atoms with E-state index in [2.05, 4.69) is 10.3 Å². The number of rotatable bonds is 5. The summed E-state index contributed by atoms with van der Waals surface area (Å²) < 4.78 is 0. The Hall–Kier alpha value is -1.03. The highest BCUT2D eigenvalue weighted by Crippen LogP contribution is 2.28. The Kier molecular flexibility index (Phi) is 5.70. The molecule has 3 nitrogen and oxygen atoms in total. The molecule has 0 atom stereocenters. The van der Waals surface area contributed by atoms with E-state index in [-0.39, 0.29) is 5.91 Å². The van der Waals surface area contributed by atoms with Crippen molar-refractivity contribution < 1.29 is 4.79 Å². The summed E-state index contributed by atoms with van der Waals surface area (Å²) in [6, 6.07) is 3.82. The average molecular weight is 278 g/mol. The van der Waals surface area contributed by atoms with Gasteiger partial charge in [0.1, 0.15) is 5.82 Å². The first-order valence-corrected chi connectivity index (χ1v) is 8.13. The van der Waals surface area contributed by atoms with E-state index in [1.54, 1.807) is 6.20 Å². The zero-order valence-electron chi connectivity index (χ0n) is 11.5. The predicted molar refractivity (Wildman–Crippen MR) is 81.6 cm³/mol. The van der Waals surface area contributed by atoms with E-state index >= 15 is 0 Å². The number of nitrogens with zero attached hydrogens (tertiary/aromatic N) is 1. The number of hydrogen-bond acceptors (Lipinski definition) is 3. The molecule has 0 aromatic carbocycles. The Bertz CT molecular complexity index is 416. The van der Waals surface area contributed by atoms with Gasteiger partial charge < -0.3 is 5.32 Å². The smallest absolute Gasteiger partial charge is 0.226 e. The van der Waals surface area contributed by atoms with Gasteiger partial charge in [0, 0.05) is 23.6 Å². The van der Waals surface area contributed by atoms with Gasteiger partial charge in [0.05, 0.1) is 0 Å². The standard InChI is InChI=1S/C15H22N2OS/c1-12-7-9-16-14(11-12)17-15(18)8-10-19-13-5-3-2-4-6-13/h7,9,11,13H,2-6,8,10H2,1H3,(H,16,17,18). The molecule has 1 aliphatic carbocycles. The van der Waals surface area contributed by atoms with Crippen LogP contribution in [0.15, 0.2) is 18.3 Å². The normalized spacial score (nSPS) is 16.3. The highest BCUT2D eigenvalue weighted by Gasteiger charge is 2.14. The fourth-order valence-corrected chi connectivity index (χ4v) is 3.66. The summed E-state index contributed by atoms with van der Waals surface area (Å²) in [6.45, 7) is 2.00. The summed E-state index contributed by atoms with van der Waals surface area (Å²) in [5.41, 5.74) is 1.11. The van der Waals surface area contributed by atoms with E-state index in [4.69, 9.17) is 0 Å². The van der Waals surface area contributed by atoms with Gasteiger partial charge in [-0.15, -0.1) is 0 Å². The number of amides is 1. The second-order valence-corrected chi connectivity index (χ2v) is 6.56. The van der Waals surface area contributed by atoms with E-state index < -0.39 is 0 Å². The van der Waals surface area contributed by atoms with Gasteiger partial charge in [-0.1, -0.05) is 19.3 Å². The molecule has 1 saturated carbocycles. The van der Waals surface area contributed by atoms with Gasteiger partial charge in [-0.05, 0) is 37.5 Å². The molecule has 1 N–H and O–H groups in total. The van der Waals surface area contributed by atoms with Crippen molar-refractivity contribution >= 4 is 23.5 Å². The molecule has 4 heteroatoms. The van der Waals surface area contributed by atoms with Gasteiger partial charge >= 0.3 is 0 Å². The molecule has 1 fully saturated rings. The number of hydrogen-bond donors (Lipinski definition) is 1. The molecule has 0 aliphatic heterocycles. The van der Waals surface area contributed by atoms with Crippen LogP contribution in [0, 0.1) is 6.92 Å².